The monoisotopic (exact) mass is 500 g/mol. The first kappa shape index (κ1) is 23.5. The highest BCUT2D eigenvalue weighted by Gasteiger charge is 2.48. The molecular weight excluding hydrogens is 478 g/mol. The fraction of sp³-hybridized carbons (Fsp3) is 0.269. The highest BCUT2D eigenvalue weighted by Crippen LogP contribution is 2.52. The van der Waals surface area contributed by atoms with Crippen LogP contribution in [0.25, 0.3) is 11.1 Å². The topological polar surface area (TPSA) is 82.0 Å². The maximum Gasteiger partial charge on any atom is 0.336 e. The van der Waals surface area contributed by atoms with Crippen LogP contribution in [-0.2, 0) is 12.0 Å². The number of hydrogen-bond acceptors (Lipinski definition) is 5. The van der Waals surface area contributed by atoms with Gasteiger partial charge in [0.05, 0.1) is 22.7 Å². The van der Waals surface area contributed by atoms with Gasteiger partial charge in [-0.2, -0.15) is 0 Å². The largest absolute Gasteiger partial charge is 0.488 e. The van der Waals surface area contributed by atoms with E-state index >= 15 is 8.78 Å². The Morgan fingerprint density at radius 2 is 1.94 bits per heavy atom. The van der Waals surface area contributed by atoms with Crippen molar-refractivity contribution >= 4 is 23.3 Å². The van der Waals surface area contributed by atoms with Crippen LogP contribution in [0.3, 0.4) is 0 Å². The molecule has 0 spiro atoms. The molecule has 182 valence electrons. The number of halogens is 3. The summed E-state index contributed by atoms with van der Waals surface area (Å²) in [7, 11) is 0. The summed E-state index contributed by atoms with van der Waals surface area (Å²) in [5, 5.41) is 22.0. The summed E-state index contributed by atoms with van der Waals surface area (Å²) in [6.07, 6.45) is 0.370. The summed E-state index contributed by atoms with van der Waals surface area (Å²) in [5.41, 5.74) is 0.892. The molecule has 3 aromatic carbocycles. The van der Waals surface area contributed by atoms with Crippen molar-refractivity contribution in [2.75, 3.05) is 37.7 Å². The summed E-state index contributed by atoms with van der Waals surface area (Å²) in [4.78, 5) is 14.2. The third-order valence-electron chi connectivity index (χ3n) is 6.76. The molecule has 1 saturated heterocycles. The van der Waals surface area contributed by atoms with Crippen LogP contribution in [0, 0.1) is 11.6 Å². The Morgan fingerprint density at radius 3 is 2.66 bits per heavy atom. The van der Waals surface area contributed by atoms with E-state index in [4.69, 9.17) is 21.4 Å². The molecule has 1 unspecified atom stereocenters. The Hall–Kier alpha value is -3.20. The number of anilines is 1. The predicted molar refractivity (Wildman–Crippen MR) is 128 cm³/mol. The van der Waals surface area contributed by atoms with Gasteiger partial charge in [0, 0.05) is 42.9 Å². The molecule has 2 aliphatic heterocycles. The summed E-state index contributed by atoms with van der Waals surface area (Å²) in [5.74, 6) is -3.36. The van der Waals surface area contributed by atoms with Gasteiger partial charge in [0.25, 0.3) is 0 Å². The molecule has 1 atom stereocenters. The van der Waals surface area contributed by atoms with Crippen molar-refractivity contribution in [3.63, 3.8) is 0 Å². The summed E-state index contributed by atoms with van der Waals surface area (Å²) < 4.78 is 36.3. The second-order valence-corrected chi connectivity index (χ2v) is 9.00. The quantitative estimate of drug-likeness (QED) is 0.470. The zero-order valence-corrected chi connectivity index (χ0v) is 19.4. The van der Waals surface area contributed by atoms with E-state index in [0.29, 0.717) is 37.3 Å². The van der Waals surface area contributed by atoms with Crippen LogP contribution >= 0.6 is 11.6 Å². The number of rotatable bonds is 6. The number of carboxylic acid groups (broad SMARTS) is 1. The van der Waals surface area contributed by atoms with E-state index in [-0.39, 0.29) is 40.7 Å². The molecule has 0 aliphatic carbocycles. The van der Waals surface area contributed by atoms with Crippen molar-refractivity contribution in [1.82, 2.24) is 5.32 Å². The number of nitrogens with one attached hydrogen (secondary N) is 1. The number of fused-ring (bicyclic) bond motifs is 3. The van der Waals surface area contributed by atoms with Gasteiger partial charge in [-0.25, -0.2) is 13.6 Å². The molecule has 6 nitrogen and oxygen atoms in total. The number of carboxylic acids is 1. The molecule has 3 aromatic rings. The molecule has 0 radical (unpaired) electrons. The van der Waals surface area contributed by atoms with Gasteiger partial charge >= 0.3 is 5.97 Å². The first-order valence-corrected chi connectivity index (χ1v) is 11.6. The van der Waals surface area contributed by atoms with Gasteiger partial charge in [-0.05, 0) is 29.3 Å². The molecule has 3 N–H and O–H groups in total. The fourth-order valence-corrected chi connectivity index (χ4v) is 5.55. The first-order valence-electron chi connectivity index (χ1n) is 11.2. The lowest BCUT2D eigenvalue weighted by Gasteiger charge is -2.45. The lowest BCUT2D eigenvalue weighted by molar-refractivity contribution is 0.0697. The van der Waals surface area contributed by atoms with Crippen molar-refractivity contribution in [3.8, 4) is 16.9 Å². The molecular formula is C26H23ClF2N2O4. The van der Waals surface area contributed by atoms with Gasteiger partial charge in [-0.15, -0.1) is 0 Å². The molecule has 0 amide bonds. The molecule has 0 aromatic heterocycles. The fourth-order valence-electron chi connectivity index (χ4n) is 5.28. The number of aliphatic hydroxyl groups is 1. The third kappa shape index (κ3) is 3.73. The number of aliphatic hydroxyl groups excluding tert-OH is 1. The Bertz CT molecular complexity index is 1300. The van der Waals surface area contributed by atoms with E-state index in [1.165, 1.54) is 18.2 Å². The average Bonchev–Trinajstić information content (AvgIpc) is 3.20. The Kier molecular flexibility index (Phi) is 6.13. The molecule has 2 aliphatic rings. The lowest BCUT2D eigenvalue weighted by atomic mass is 9.83. The second-order valence-electron chi connectivity index (χ2n) is 8.63. The van der Waals surface area contributed by atoms with Gasteiger partial charge in [-0.1, -0.05) is 41.9 Å². The van der Waals surface area contributed by atoms with Gasteiger partial charge in [0.1, 0.15) is 12.4 Å². The SMILES string of the molecule is O=C(O)c1ccc(OCCO)c(F)c1-c1c(Cl)c(F)cc2c1CC1(c3ccccc3)CNCCN21. The minimum Gasteiger partial charge on any atom is -0.488 e. The van der Waals surface area contributed by atoms with E-state index in [1.54, 1.807) is 0 Å². The average molecular weight is 501 g/mol. The van der Waals surface area contributed by atoms with E-state index in [0.717, 1.165) is 5.56 Å². The number of nitrogens with zero attached hydrogens (tertiary/aromatic N) is 1. The number of carbonyl (C=O) groups is 1. The standard InChI is InChI=1S/C26H23ClF2N2O4/c27-23-18(28)12-19-17(13-26(14-30-8-9-31(19)26)15-4-2-1-3-5-15)21(23)22-16(25(33)34)6-7-20(24(22)29)35-11-10-32/h1-7,12,30,32H,8-11,13-14H2,(H,33,34). The van der Waals surface area contributed by atoms with Crippen LogP contribution in [-0.4, -0.2) is 49.0 Å². The minimum absolute atomic E-state index is 0.00993. The molecule has 0 bridgehead atoms. The zero-order valence-electron chi connectivity index (χ0n) is 18.7. The van der Waals surface area contributed by atoms with Crippen LogP contribution in [0.2, 0.25) is 5.02 Å². The maximum atomic E-state index is 15.8. The van der Waals surface area contributed by atoms with Crippen LogP contribution in [0.1, 0.15) is 21.5 Å². The smallest absolute Gasteiger partial charge is 0.336 e. The third-order valence-corrected chi connectivity index (χ3v) is 7.13. The number of hydrogen-bond donors (Lipinski definition) is 3. The van der Waals surface area contributed by atoms with E-state index in [1.807, 2.05) is 30.3 Å². The minimum atomic E-state index is -1.38. The normalized spacial score (nSPS) is 18.8. The zero-order chi connectivity index (χ0) is 24.7. The second kappa shape index (κ2) is 9.11. The number of benzene rings is 3. The molecule has 35 heavy (non-hydrogen) atoms. The first-order chi connectivity index (χ1) is 16.9. The van der Waals surface area contributed by atoms with Gasteiger partial charge < -0.3 is 25.2 Å². The maximum absolute atomic E-state index is 15.8. The van der Waals surface area contributed by atoms with Gasteiger partial charge in [-0.3, -0.25) is 0 Å². The highest BCUT2D eigenvalue weighted by atomic mass is 35.5. The Balaban J connectivity index is 1.78. The van der Waals surface area contributed by atoms with Crippen LogP contribution in [0.5, 0.6) is 5.75 Å². The number of ether oxygens (including phenoxy) is 1. The van der Waals surface area contributed by atoms with E-state index in [9.17, 15) is 9.90 Å². The van der Waals surface area contributed by atoms with Gasteiger partial charge in [0.15, 0.2) is 11.6 Å². The summed E-state index contributed by atoms with van der Waals surface area (Å²) >= 11 is 6.46. The van der Waals surface area contributed by atoms with Crippen molar-refractivity contribution in [1.29, 1.82) is 0 Å². The van der Waals surface area contributed by atoms with Crippen LogP contribution in [0.15, 0.2) is 48.5 Å². The van der Waals surface area contributed by atoms with Crippen LogP contribution in [0.4, 0.5) is 14.5 Å². The number of piperazine rings is 1. The summed E-state index contributed by atoms with van der Waals surface area (Å²) in [6.45, 7) is 1.28. The van der Waals surface area contributed by atoms with E-state index < -0.39 is 23.1 Å². The predicted octanol–water partition coefficient (Wildman–Crippen LogP) is 4.22. The Morgan fingerprint density at radius 1 is 1.17 bits per heavy atom. The molecule has 2 heterocycles. The van der Waals surface area contributed by atoms with Crippen molar-refractivity contribution in [2.24, 2.45) is 0 Å². The van der Waals surface area contributed by atoms with Crippen molar-refractivity contribution in [3.05, 3.63) is 81.9 Å². The van der Waals surface area contributed by atoms with Gasteiger partial charge in [0.2, 0.25) is 0 Å². The number of aromatic carboxylic acids is 1. The molecule has 9 heteroatoms. The lowest BCUT2D eigenvalue weighted by Crippen LogP contribution is -2.57. The molecule has 1 fully saturated rings. The summed E-state index contributed by atoms with van der Waals surface area (Å²) in [6, 6.07) is 13.5. The van der Waals surface area contributed by atoms with Crippen molar-refractivity contribution < 1.29 is 28.5 Å². The van der Waals surface area contributed by atoms with Crippen LogP contribution < -0.4 is 15.0 Å². The Labute approximate surface area is 205 Å². The molecule has 0 saturated carbocycles. The molecule has 5 rings (SSSR count). The van der Waals surface area contributed by atoms with E-state index in [2.05, 4.69) is 10.2 Å². The van der Waals surface area contributed by atoms with Crippen molar-refractivity contribution in [2.45, 2.75) is 12.0 Å². The highest BCUT2D eigenvalue weighted by molar-refractivity contribution is 6.34.